The zero-order valence-electron chi connectivity index (χ0n) is 15.1. The topological polar surface area (TPSA) is 19.4 Å². The quantitative estimate of drug-likeness (QED) is 0.846. The molecule has 1 aromatic carbocycles. The van der Waals surface area contributed by atoms with Gasteiger partial charge in [-0.05, 0) is 50.8 Å². The largest absolute Gasteiger partial charge is 0.299 e. The summed E-state index contributed by atoms with van der Waals surface area (Å²) in [6, 6.07) is 9.50. The van der Waals surface area contributed by atoms with Crippen molar-refractivity contribution in [3.63, 3.8) is 0 Å². The molecule has 2 aliphatic rings. The molecule has 2 aliphatic heterocycles. The summed E-state index contributed by atoms with van der Waals surface area (Å²) in [6.07, 6.45) is 0. The van der Waals surface area contributed by atoms with Crippen LogP contribution >= 0.6 is 11.3 Å². The molecule has 0 N–H and O–H groups in total. The van der Waals surface area contributed by atoms with E-state index >= 15 is 0 Å². The summed E-state index contributed by atoms with van der Waals surface area (Å²) in [5.74, 6) is 1.54. The van der Waals surface area contributed by atoms with E-state index < -0.39 is 0 Å². The number of likely N-dealkylation sites (tertiary alicyclic amines) is 2. The van der Waals surface area contributed by atoms with Crippen LogP contribution in [0.3, 0.4) is 0 Å². The van der Waals surface area contributed by atoms with Gasteiger partial charge in [-0.25, -0.2) is 4.98 Å². The zero-order valence-corrected chi connectivity index (χ0v) is 15.9. The van der Waals surface area contributed by atoms with Gasteiger partial charge in [-0.3, -0.25) is 9.80 Å². The molecule has 1 aromatic heterocycles. The minimum atomic E-state index is 0.570. The third-order valence-electron chi connectivity index (χ3n) is 5.91. The maximum atomic E-state index is 4.74. The molecule has 4 heteroatoms. The molecule has 0 saturated carbocycles. The van der Waals surface area contributed by atoms with Gasteiger partial charge in [-0.2, -0.15) is 0 Å². The van der Waals surface area contributed by atoms with Gasteiger partial charge in [-0.15, -0.1) is 11.3 Å². The van der Waals surface area contributed by atoms with Crippen LogP contribution in [0.2, 0.25) is 0 Å². The standard InChI is InChI=1S/C20H27N3S/c1-13-7-5-6-8-17(13)20-18-11-23(10-16(18)9-22(20)4)12-19-21-14(2)15(3)24-19/h5-8,16,18,20H,9-12H2,1-4H3/t16-,18+,20+/m0/s1. The van der Waals surface area contributed by atoms with E-state index in [2.05, 4.69) is 61.9 Å². The van der Waals surface area contributed by atoms with Crippen molar-refractivity contribution in [2.45, 2.75) is 33.4 Å². The molecule has 0 unspecified atom stereocenters. The summed E-state index contributed by atoms with van der Waals surface area (Å²) >= 11 is 1.87. The van der Waals surface area contributed by atoms with E-state index in [4.69, 9.17) is 4.98 Å². The highest BCUT2D eigenvalue weighted by Crippen LogP contribution is 2.45. The summed E-state index contributed by atoms with van der Waals surface area (Å²) in [7, 11) is 2.30. The number of nitrogens with zero attached hydrogens (tertiary/aromatic N) is 3. The summed E-state index contributed by atoms with van der Waals surface area (Å²) in [4.78, 5) is 11.3. The Labute approximate surface area is 149 Å². The molecule has 0 spiro atoms. The molecule has 0 aliphatic carbocycles. The molecule has 3 heterocycles. The number of thiazole rings is 1. The molecule has 3 nitrogen and oxygen atoms in total. The molecule has 2 aromatic rings. The maximum Gasteiger partial charge on any atom is 0.107 e. The second-order valence-corrected chi connectivity index (χ2v) is 8.90. The van der Waals surface area contributed by atoms with Crippen LogP contribution in [-0.2, 0) is 6.54 Å². The normalized spacial score (nSPS) is 27.8. The van der Waals surface area contributed by atoms with E-state index in [-0.39, 0.29) is 0 Å². The molecular formula is C20H27N3S. The van der Waals surface area contributed by atoms with Gasteiger partial charge in [0.25, 0.3) is 0 Å². The van der Waals surface area contributed by atoms with Crippen molar-refractivity contribution in [2.75, 3.05) is 26.7 Å². The number of fused-ring (bicyclic) bond motifs is 1. The smallest absolute Gasteiger partial charge is 0.107 e. The first kappa shape index (κ1) is 16.2. The van der Waals surface area contributed by atoms with E-state index in [1.54, 1.807) is 0 Å². The van der Waals surface area contributed by atoms with E-state index in [9.17, 15) is 0 Å². The van der Waals surface area contributed by atoms with E-state index in [1.165, 1.54) is 46.3 Å². The third kappa shape index (κ3) is 2.81. The molecular weight excluding hydrogens is 314 g/mol. The van der Waals surface area contributed by atoms with Crippen molar-refractivity contribution in [2.24, 2.45) is 11.8 Å². The Morgan fingerprint density at radius 3 is 2.62 bits per heavy atom. The van der Waals surface area contributed by atoms with E-state index in [0.717, 1.165) is 18.4 Å². The Balaban J connectivity index is 1.51. The van der Waals surface area contributed by atoms with Crippen LogP contribution in [0.15, 0.2) is 24.3 Å². The highest BCUT2D eigenvalue weighted by atomic mass is 32.1. The third-order valence-corrected chi connectivity index (χ3v) is 6.97. The highest BCUT2D eigenvalue weighted by Gasteiger charge is 2.46. The predicted molar refractivity (Wildman–Crippen MR) is 100 cm³/mol. The Bertz CT molecular complexity index is 719. The Hall–Kier alpha value is -1.23. The number of rotatable bonds is 3. The van der Waals surface area contributed by atoms with Crippen LogP contribution < -0.4 is 0 Å². The van der Waals surface area contributed by atoms with Crippen molar-refractivity contribution in [1.82, 2.24) is 14.8 Å². The van der Waals surface area contributed by atoms with Gasteiger partial charge in [-0.1, -0.05) is 24.3 Å². The average molecular weight is 342 g/mol. The lowest BCUT2D eigenvalue weighted by molar-refractivity contribution is 0.224. The van der Waals surface area contributed by atoms with Crippen molar-refractivity contribution < 1.29 is 0 Å². The molecule has 0 bridgehead atoms. The fraction of sp³-hybridized carbons (Fsp3) is 0.550. The SMILES string of the molecule is Cc1ccccc1[C@@H]1[C@@H]2CN(Cc3nc(C)c(C)s3)C[C@@H]2CN1C. The van der Waals surface area contributed by atoms with Crippen molar-refractivity contribution in [3.05, 3.63) is 51.0 Å². The van der Waals surface area contributed by atoms with Crippen molar-refractivity contribution >= 4 is 11.3 Å². The lowest BCUT2D eigenvalue weighted by Gasteiger charge is -2.27. The number of hydrogen-bond donors (Lipinski definition) is 0. The molecule has 3 atom stereocenters. The molecule has 2 saturated heterocycles. The van der Waals surface area contributed by atoms with Crippen LogP contribution in [0.4, 0.5) is 0 Å². The Morgan fingerprint density at radius 2 is 1.92 bits per heavy atom. The summed E-state index contributed by atoms with van der Waals surface area (Å²) in [5, 5.41) is 1.28. The molecule has 2 fully saturated rings. The van der Waals surface area contributed by atoms with Crippen LogP contribution in [0.5, 0.6) is 0 Å². The van der Waals surface area contributed by atoms with Gasteiger partial charge in [0, 0.05) is 30.6 Å². The first-order valence-corrected chi connectivity index (χ1v) is 9.75. The van der Waals surface area contributed by atoms with Crippen molar-refractivity contribution in [3.8, 4) is 0 Å². The summed E-state index contributed by atoms with van der Waals surface area (Å²) in [5.41, 5.74) is 4.15. The summed E-state index contributed by atoms with van der Waals surface area (Å²) < 4.78 is 0. The lowest BCUT2D eigenvalue weighted by Crippen LogP contribution is -2.29. The van der Waals surface area contributed by atoms with Gasteiger partial charge < -0.3 is 0 Å². The van der Waals surface area contributed by atoms with Gasteiger partial charge >= 0.3 is 0 Å². The van der Waals surface area contributed by atoms with Crippen LogP contribution in [0, 0.1) is 32.6 Å². The van der Waals surface area contributed by atoms with Gasteiger partial charge in [0.05, 0.1) is 12.2 Å². The molecule has 24 heavy (non-hydrogen) atoms. The molecule has 4 rings (SSSR count). The Kier molecular flexibility index (Phi) is 4.23. The number of aryl methyl sites for hydroxylation is 3. The number of aromatic nitrogens is 1. The number of benzene rings is 1. The second kappa shape index (κ2) is 6.25. The van der Waals surface area contributed by atoms with Crippen molar-refractivity contribution in [1.29, 1.82) is 0 Å². The average Bonchev–Trinajstić information content (AvgIpc) is 3.14. The minimum Gasteiger partial charge on any atom is -0.299 e. The Morgan fingerprint density at radius 1 is 1.12 bits per heavy atom. The van der Waals surface area contributed by atoms with Crippen LogP contribution in [0.1, 0.15) is 32.7 Å². The van der Waals surface area contributed by atoms with Crippen LogP contribution in [-0.4, -0.2) is 41.5 Å². The van der Waals surface area contributed by atoms with E-state index in [0.29, 0.717) is 6.04 Å². The molecule has 128 valence electrons. The second-order valence-electron chi connectivity index (χ2n) is 7.61. The first-order valence-electron chi connectivity index (χ1n) is 8.94. The predicted octanol–water partition coefficient (Wildman–Crippen LogP) is 3.80. The molecule has 0 amide bonds. The van der Waals surface area contributed by atoms with Gasteiger partial charge in [0.15, 0.2) is 0 Å². The fourth-order valence-electron chi connectivity index (χ4n) is 4.66. The molecule has 0 radical (unpaired) electrons. The fourth-order valence-corrected chi connectivity index (χ4v) is 5.64. The van der Waals surface area contributed by atoms with E-state index in [1.807, 2.05) is 11.3 Å². The maximum absolute atomic E-state index is 4.74. The van der Waals surface area contributed by atoms with Gasteiger partial charge in [0.2, 0.25) is 0 Å². The lowest BCUT2D eigenvalue weighted by atomic mass is 9.88. The first-order chi connectivity index (χ1) is 11.5. The van der Waals surface area contributed by atoms with Gasteiger partial charge in [0.1, 0.15) is 5.01 Å². The van der Waals surface area contributed by atoms with Crippen LogP contribution in [0.25, 0.3) is 0 Å². The minimum absolute atomic E-state index is 0.570. The monoisotopic (exact) mass is 341 g/mol. The highest BCUT2D eigenvalue weighted by molar-refractivity contribution is 7.11. The number of hydrogen-bond acceptors (Lipinski definition) is 4. The summed E-state index contributed by atoms with van der Waals surface area (Å²) in [6.45, 7) is 11.2. The zero-order chi connectivity index (χ0) is 16.8.